The van der Waals surface area contributed by atoms with Crippen LogP contribution in [0.25, 0.3) is 11.3 Å². The minimum atomic E-state index is -5.08. The molecular weight excluding hydrogens is 423 g/mol. The third-order valence-electron chi connectivity index (χ3n) is 4.49. The number of halogens is 4. The SMILES string of the molecule is Cc1cc(Cl)cc(-c2ccnn2C(C)C)c1OC1CCNCC1.O=C(O)C(F)(F)F. The van der Waals surface area contributed by atoms with E-state index in [1.54, 1.807) is 0 Å². The quantitative estimate of drug-likeness (QED) is 0.700. The zero-order valence-corrected chi connectivity index (χ0v) is 17.7. The monoisotopic (exact) mass is 447 g/mol. The van der Waals surface area contributed by atoms with E-state index in [4.69, 9.17) is 26.2 Å². The number of piperidine rings is 1. The molecule has 0 saturated carbocycles. The van der Waals surface area contributed by atoms with Crippen molar-refractivity contribution in [1.29, 1.82) is 0 Å². The molecule has 1 aromatic carbocycles. The Morgan fingerprint density at radius 1 is 1.33 bits per heavy atom. The third-order valence-corrected chi connectivity index (χ3v) is 4.71. The van der Waals surface area contributed by atoms with Crippen LogP contribution in [-0.4, -0.2) is 46.2 Å². The van der Waals surface area contributed by atoms with Crippen molar-refractivity contribution in [3.05, 3.63) is 35.0 Å². The van der Waals surface area contributed by atoms with E-state index >= 15 is 0 Å². The number of nitrogens with one attached hydrogen (secondary N) is 1. The van der Waals surface area contributed by atoms with Crippen LogP contribution in [0.15, 0.2) is 24.4 Å². The van der Waals surface area contributed by atoms with Gasteiger partial charge < -0.3 is 15.2 Å². The zero-order valence-electron chi connectivity index (χ0n) is 17.0. The molecule has 0 spiro atoms. The molecule has 3 rings (SSSR count). The van der Waals surface area contributed by atoms with Crippen molar-refractivity contribution in [1.82, 2.24) is 15.1 Å². The molecule has 1 aliphatic heterocycles. The van der Waals surface area contributed by atoms with Gasteiger partial charge in [-0.2, -0.15) is 18.3 Å². The first kappa shape index (κ1) is 24.0. The molecule has 1 saturated heterocycles. The highest BCUT2D eigenvalue weighted by molar-refractivity contribution is 6.31. The number of hydrogen-bond acceptors (Lipinski definition) is 4. The fourth-order valence-corrected chi connectivity index (χ4v) is 3.37. The summed E-state index contributed by atoms with van der Waals surface area (Å²) in [4.78, 5) is 8.90. The van der Waals surface area contributed by atoms with Gasteiger partial charge in [0.15, 0.2) is 0 Å². The number of aromatic nitrogens is 2. The maximum atomic E-state index is 10.6. The van der Waals surface area contributed by atoms with Crippen LogP contribution in [0.3, 0.4) is 0 Å². The fraction of sp³-hybridized carbons (Fsp3) is 0.500. The number of carboxylic acid groups (broad SMARTS) is 1. The number of ether oxygens (including phenoxy) is 1. The average molecular weight is 448 g/mol. The highest BCUT2D eigenvalue weighted by Gasteiger charge is 2.38. The second kappa shape index (κ2) is 10.2. The van der Waals surface area contributed by atoms with Crippen molar-refractivity contribution in [3.63, 3.8) is 0 Å². The minimum absolute atomic E-state index is 0.255. The fourth-order valence-electron chi connectivity index (χ4n) is 3.10. The largest absolute Gasteiger partial charge is 0.490 e. The van der Waals surface area contributed by atoms with Gasteiger partial charge in [-0.1, -0.05) is 11.6 Å². The number of hydrogen-bond donors (Lipinski definition) is 2. The van der Waals surface area contributed by atoms with E-state index in [1.807, 2.05) is 29.1 Å². The van der Waals surface area contributed by atoms with E-state index in [-0.39, 0.29) is 12.1 Å². The molecule has 0 amide bonds. The first-order valence-electron chi connectivity index (χ1n) is 9.52. The summed E-state index contributed by atoms with van der Waals surface area (Å²) in [5, 5.41) is 15.7. The Hall–Kier alpha value is -2.26. The lowest BCUT2D eigenvalue weighted by atomic mass is 10.0. The lowest BCUT2D eigenvalue weighted by Crippen LogP contribution is -2.34. The van der Waals surface area contributed by atoms with Crippen LogP contribution in [0.2, 0.25) is 5.02 Å². The molecule has 1 aliphatic rings. The molecule has 2 aromatic rings. The summed E-state index contributed by atoms with van der Waals surface area (Å²) in [6.07, 6.45) is -0.930. The van der Waals surface area contributed by atoms with E-state index in [9.17, 15) is 13.2 Å². The number of aliphatic carboxylic acids is 1. The average Bonchev–Trinajstić information content (AvgIpc) is 3.14. The first-order chi connectivity index (χ1) is 14.0. The van der Waals surface area contributed by atoms with Crippen molar-refractivity contribution in [3.8, 4) is 17.0 Å². The predicted molar refractivity (Wildman–Crippen MR) is 108 cm³/mol. The molecule has 0 radical (unpaired) electrons. The number of carboxylic acids is 1. The first-order valence-corrected chi connectivity index (χ1v) is 9.90. The summed E-state index contributed by atoms with van der Waals surface area (Å²) in [5.41, 5.74) is 3.15. The normalized spacial score (nSPS) is 14.9. The van der Waals surface area contributed by atoms with Gasteiger partial charge in [-0.3, -0.25) is 4.68 Å². The Labute approximate surface area is 178 Å². The summed E-state index contributed by atoms with van der Waals surface area (Å²) in [6.45, 7) is 8.33. The van der Waals surface area contributed by atoms with Crippen molar-refractivity contribution < 1.29 is 27.8 Å². The zero-order chi connectivity index (χ0) is 22.5. The predicted octanol–water partition coefficient (Wildman–Crippen LogP) is 4.86. The highest BCUT2D eigenvalue weighted by Crippen LogP contribution is 2.37. The van der Waals surface area contributed by atoms with E-state index in [2.05, 4.69) is 31.2 Å². The molecule has 1 aromatic heterocycles. The Morgan fingerprint density at radius 2 is 1.93 bits per heavy atom. The molecule has 0 bridgehead atoms. The van der Waals surface area contributed by atoms with Crippen LogP contribution in [-0.2, 0) is 4.79 Å². The topological polar surface area (TPSA) is 76.4 Å². The van der Waals surface area contributed by atoms with Gasteiger partial charge in [0.25, 0.3) is 0 Å². The second-order valence-corrected chi connectivity index (χ2v) is 7.66. The number of alkyl halides is 3. The lowest BCUT2D eigenvalue weighted by molar-refractivity contribution is -0.192. The standard InChI is InChI=1S/C18H24ClN3O.C2HF3O2/c1-12(2)22-17(6-9-21-22)16-11-14(19)10-13(3)18(16)23-15-4-7-20-8-5-15;3-2(4,5)1(6)7/h6,9-12,15,20H,4-5,7-8H2,1-3H3;(H,6,7). The van der Waals surface area contributed by atoms with Crippen molar-refractivity contribution in [2.24, 2.45) is 0 Å². The number of carbonyl (C=O) groups is 1. The van der Waals surface area contributed by atoms with Gasteiger partial charge in [0.1, 0.15) is 11.9 Å². The molecule has 2 N–H and O–H groups in total. The van der Waals surface area contributed by atoms with Crippen LogP contribution in [0.5, 0.6) is 5.75 Å². The van der Waals surface area contributed by atoms with Crippen LogP contribution < -0.4 is 10.1 Å². The summed E-state index contributed by atoms with van der Waals surface area (Å²) < 4.78 is 40.1. The number of rotatable bonds is 4. The van der Waals surface area contributed by atoms with Gasteiger partial charge in [0, 0.05) is 22.8 Å². The van der Waals surface area contributed by atoms with Gasteiger partial charge in [-0.15, -0.1) is 0 Å². The van der Waals surface area contributed by atoms with Gasteiger partial charge >= 0.3 is 12.1 Å². The number of nitrogens with zero attached hydrogens (tertiary/aromatic N) is 2. The second-order valence-electron chi connectivity index (χ2n) is 7.22. The van der Waals surface area contributed by atoms with E-state index < -0.39 is 12.1 Å². The molecular formula is C20H25ClF3N3O3. The van der Waals surface area contributed by atoms with Crippen LogP contribution in [0.4, 0.5) is 13.2 Å². The smallest absolute Gasteiger partial charge is 0.489 e. The maximum Gasteiger partial charge on any atom is 0.490 e. The molecule has 10 heteroatoms. The third kappa shape index (κ3) is 6.37. The van der Waals surface area contributed by atoms with Crippen LogP contribution in [0, 0.1) is 6.92 Å². The lowest BCUT2D eigenvalue weighted by Gasteiger charge is -2.26. The molecule has 2 heterocycles. The van der Waals surface area contributed by atoms with Gasteiger partial charge in [-0.25, -0.2) is 4.79 Å². The highest BCUT2D eigenvalue weighted by atomic mass is 35.5. The Balaban J connectivity index is 0.000000396. The van der Waals surface area contributed by atoms with Crippen molar-refractivity contribution in [2.45, 2.75) is 51.9 Å². The van der Waals surface area contributed by atoms with E-state index in [0.717, 1.165) is 53.5 Å². The Kier molecular flexibility index (Phi) is 8.14. The van der Waals surface area contributed by atoms with Crippen molar-refractivity contribution in [2.75, 3.05) is 13.1 Å². The maximum absolute atomic E-state index is 10.6. The number of aryl methyl sites for hydroxylation is 1. The summed E-state index contributed by atoms with van der Waals surface area (Å²) in [6, 6.07) is 6.27. The van der Waals surface area contributed by atoms with Gasteiger partial charge in [-0.05, 0) is 70.5 Å². The summed E-state index contributed by atoms with van der Waals surface area (Å²) in [7, 11) is 0. The van der Waals surface area contributed by atoms with Gasteiger partial charge in [0.05, 0.1) is 5.69 Å². The van der Waals surface area contributed by atoms with Crippen molar-refractivity contribution >= 4 is 17.6 Å². The molecule has 0 aliphatic carbocycles. The van der Waals surface area contributed by atoms with Crippen LogP contribution in [0.1, 0.15) is 38.3 Å². The molecule has 166 valence electrons. The van der Waals surface area contributed by atoms with E-state index in [0.29, 0.717) is 0 Å². The number of benzene rings is 1. The molecule has 1 fully saturated rings. The molecule has 30 heavy (non-hydrogen) atoms. The van der Waals surface area contributed by atoms with E-state index in [1.165, 1.54) is 0 Å². The minimum Gasteiger partial charge on any atom is -0.489 e. The molecule has 0 unspecified atom stereocenters. The van der Waals surface area contributed by atoms with Crippen LogP contribution >= 0.6 is 11.6 Å². The summed E-state index contributed by atoms with van der Waals surface area (Å²) in [5.74, 6) is -1.82. The van der Waals surface area contributed by atoms with Gasteiger partial charge in [0.2, 0.25) is 0 Å². The Morgan fingerprint density at radius 3 is 2.47 bits per heavy atom. The summed E-state index contributed by atoms with van der Waals surface area (Å²) >= 11 is 6.32. The molecule has 0 atom stereocenters. The Bertz CT molecular complexity index is 863. The molecule has 6 nitrogen and oxygen atoms in total.